The molecule has 2 aliphatic carbocycles. The highest BCUT2D eigenvalue weighted by Gasteiger charge is 2.61. The van der Waals surface area contributed by atoms with Gasteiger partial charge in [-0.05, 0) is 66.9 Å². The van der Waals surface area contributed by atoms with Crippen LogP contribution in [0.25, 0.3) is 5.57 Å². The lowest BCUT2D eigenvalue weighted by Crippen LogP contribution is -2.46. The van der Waals surface area contributed by atoms with Crippen LogP contribution in [-0.2, 0) is 0 Å². The van der Waals surface area contributed by atoms with Crippen LogP contribution >= 0.6 is 0 Å². The normalized spacial score (nSPS) is 33.4. The van der Waals surface area contributed by atoms with Crippen LogP contribution in [0.5, 0.6) is 11.5 Å². The lowest BCUT2D eigenvalue weighted by molar-refractivity contribution is 0.116. The Kier molecular flexibility index (Phi) is 1.80. The molecule has 1 aromatic rings. The molecule has 1 N–H and O–H groups in total. The average Bonchev–Trinajstić information content (AvgIpc) is 2.61. The molecule has 0 amide bonds. The number of fused-ring (bicyclic) bond motifs is 2. The Morgan fingerprint density at radius 1 is 1.26 bits per heavy atom. The standard InChI is InChI=1S/C17H20O2/c1-9-7-11(18)13-12(8-9)19-17(4)6-5-10-14(17)15(13)16(10,2)3/h7-8,10,18H,5-6H2,1-4H3/t10?,17-/m1/s1. The number of hydrogen-bond acceptors (Lipinski definition) is 2. The number of hydrogen-bond donors (Lipinski definition) is 1. The fourth-order valence-corrected chi connectivity index (χ4v) is 4.54. The molecule has 0 saturated heterocycles. The molecule has 2 atom stereocenters. The molecule has 2 heteroatoms. The highest BCUT2D eigenvalue weighted by molar-refractivity contribution is 5.89. The molecular weight excluding hydrogens is 236 g/mol. The van der Waals surface area contributed by atoms with Gasteiger partial charge in [0.15, 0.2) is 0 Å². The van der Waals surface area contributed by atoms with E-state index in [0.717, 1.165) is 23.3 Å². The Balaban J connectivity index is 2.05. The molecule has 1 fully saturated rings. The van der Waals surface area contributed by atoms with Crippen molar-refractivity contribution in [1.82, 2.24) is 0 Å². The molecule has 1 unspecified atom stereocenters. The summed E-state index contributed by atoms with van der Waals surface area (Å²) in [4.78, 5) is 0. The number of aryl methyl sites for hydroxylation is 1. The van der Waals surface area contributed by atoms with Crippen LogP contribution in [0, 0.1) is 18.3 Å². The summed E-state index contributed by atoms with van der Waals surface area (Å²) >= 11 is 0. The van der Waals surface area contributed by atoms with Crippen molar-refractivity contribution < 1.29 is 9.84 Å². The SMILES string of the molecule is Cc1cc(O)c2c(c1)O[C@]1(C)CCC3C1=C2C3(C)C. The fourth-order valence-electron chi connectivity index (χ4n) is 4.54. The zero-order valence-corrected chi connectivity index (χ0v) is 12.0. The molecule has 0 spiro atoms. The van der Waals surface area contributed by atoms with Gasteiger partial charge in [-0.3, -0.25) is 0 Å². The molecule has 1 aliphatic heterocycles. The molecule has 1 aromatic carbocycles. The molecule has 0 aromatic heterocycles. The Labute approximate surface area is 114 Å². The van der Waals surface area contributed by atoms with E-state index in [1.54, 1.807) is 0 Å². The summed E-state index contributed by atoms with van der Waals surface area (Å²) in [5, 5.41) is 10.4. The summed E-state index contributed by atoms with van der Waals surface area (Å²) in [6, 6.07) is 3.91. The van der Waals surface area contributed by atoms with Crippen molar-refractivity contribution in [2.24, 2.45) is 11.3 Å². The summed E-state index contributed by atoms with van der Waals surface area (Å²) in [5.41, 5.74) is 4.82. The topological polar surface area (TPSA) is 29.5 Å². The van der Waals surface area contributed by atoms with Crippen LogP contribution in [0.1, 0.15) is 44.7 Å². The van der Waals surface area contributed by atoms with E-state index in [4.69, 9.17) is 4.74 Å². The second kappa shape index (κ2) is 3.00. The average molecular weight is 256 g/mol. The van der Waals surface area contributed by atoms with Gasteiger partial charge in [-0.15, -0.1) is 0 Å². The molecular formula is C17H20O2. The number of ether oxygens (including phenoxy) is 1. The van der Waals surface area contributed by atoms with Crippen LogP contribution in [0.4, 0.5) is 0 Å². The van der Waals surface area contributed by atoms with Gasteiger partial charge in [0.2, 0.25) is 0 Å². The molecule has 0 radical (unpaired) electrons. The smallest absolute Gasteiger partial charge is 0.132 e. The lowest BCUT2D eigenvalue weighted by Gasteiger charge is -2.52. The van der Waals surface area contributed by atoms with Gasteiger partial charge in [0.1, 0.15) is 17.1 Å². The van der Waals surface area contributed by atoms with Crippen LogP contribution in [0.2, 0.25) is 0 Å². The summed E-state index contributed by atoms with van der Waals surface area (Å²) in [6.07, 6.45) is 2.30. The molecule has 4 rings (SSSR count). The maximum absolute atomic E-state index is 10.4. The van der Waals surface area contributed by atoms with Crippen molar-refractivity contribution in [3.8, 4) is 11.5 Å². The zero-order valence-electron chi connectivity index (χ0n) is 12.0. The highest BCUT2D eigenvalue weighted by Crippen LogP contribution is 2.69. The maximum atomic E-state index is 10.4. The molecule has 3 aliphatic rings. The van der Waals surface area contributed by atoms with Gasteiger partial charge < -0.3 is 9.84 Å². The molecule has 1 saturated carbocycles. The first-order chi connectivity index (χ1) is 8.84. The second-order valence-electron chi connectivity index (χ2n) is 7.09. The molecule has 1 heterocycles. The highest BCUT2D eigenvalue weighted by atomic mass is 16.5. The minimum Gasteiger partial charge on any atom is -0.507 e. The van der Waals surface area contributed by atoms with E-state index >= 15 is 0 Å². The number of rotatable bonds is 0. The van der Waals surface area contributed by atoms with Crippen molar-refractivity contribution in [2.75, 3.05) is 0 Å². The lowest BCUT2D eigenvalue weighted by atomic mass is 9.55. The largest absolute Gasteiger partial charge is 0.507 e. The van der Waals surface area contributed by atoms with Crippen LogP contribution < -0.4 is 4.74 Å². The summed E-state index contributed by atoms with van der Waals surface area (Å²) in [5.74, 6) is 1.87. The van der Waals surface area contributed by atoms with Crippen molar-refractivity contribution >= 4 is 5.57 Å². The fraction of sp³-hybridized carbons (Fsp3) is 0.529. The van der Waals surface area contributed by atoms with E-state index in [2.05, 4.69) is 26.8 Å². The van der Waals surface area contributed by atoms with Crippen molar-refractivity contribution in [3.05, 3.63) is 28.8 Å². The quantitative estimate of drug-likeness (QED) is 0.758. The number of allylic oxidation sites excluding steroid dienone is 1. The van der Waals surface area contributed by atoms with Gasteiger partial charge in [-0.25, -0.2) is 0 Å². The third kappa shape index (κ3) is 1.14. The van der Waals surface area contributed by atoms with Crippen LogP contribution in [-0.4, -0.2) is 10.7 Å². The predicted octanol–water partition coefficient (Wildman–Crippen LogP) is 4.06. The van der Waals surface area contributed by atoms with Crippen LogP contribution in [0.15, 0.2) is 17.7 Å². The number of benzene rings is 1. The monoisotopic (exact) mass is 256 g/mol. The predicted molar refractivity (Wildman–Crippen MR) is 75.3 cm³/mol. The van der Waals surface area contributed by atoms with Gasteiger partial charge >= 0.3 is 0 Å². The molecule has 19 heavy (non-hydrogen) atoms. The summed E-state index contributed by atoms with van der Waals surface area (Å²) in [6.45, 7) is 8.81. The summed E-state index contributed by atoms with van der Waals surface area (Å²) in [7, 11) is 0. The first kappa shape index (κ1) is 11.4. The Bertz CT molecular complexity index is 639. The third-order valence-electron chi connectivity index (χ3n) is 5.42. The Hall–Kier alpha value is -1.44. The number of phenols is 1. The van der Waals surface area contributed by atoms with Gasteiger partial charge in [0.25, 0.3) is 0 Å². The van der Waals surface area contributed by atoms with Gasteiger partial charge in [-0.2, -0.15) is 0 Å². The van der Waals surface area contributed by atoms with E-state index < -0.39 is 0 Å². The van der Waals surface area contributed by atoms with E-state index in [1.807, 2.05) is 13.0 Å². The Morgan fingerprint density at radius 3 is 2.74 bits per heavy atom. The summed E-state index contributed by atoms with van der Waals surface area (Å²) < 4.78 is 6.28. The van der Waals surface area contributed by atoms with Crippen molar-refractivity contribution in [2.45, 2.75) is 46.1 Å². The number of phenolic OH excluding ortho intramolecular Hbond substituents is 1. The first-order valence-corrected chi connectivity index (χ1v) is 7.13. The van der Waals surface area contributed by atoms with Crippen LogP contribution in [0.3, 0.4) is 0 Å². The zero-order chi connectivity index (χ0) is 13.6. The van der Waals surface area contributed by atoms with Gasteiger partial charge in [0, 0.05) is 0 Å². The van der Waals surface area contributed by atoms with E-state index in [-0.39, 0.29) is 11.0 Å². The second-order valence-corrected chi connectivity index (χ2v) is 7.09. The maximum Gasteiger partial charge on any atom is 0.132 e. The van der Waals surface area contributed by atoms with E-state index in [9.17, 15) is 5.11 Å². The van der Waals surface area contributed by atoms with E-state index in [0.29, 0.717) is 11.7 Å². The van der Waals surface area contributed by atoms with Gasteiger partial charge in [-0.1, -0.05) is 13.8 Å². The molecule has 2 nitrogen and oxygen atoms in total. The third-order valence-corrected chi connectivity index (χ3v) is 5.42. The minimum absolute atomic E-state index is 0.136. The van der Waals surface area contributed by atoms with E-state index in [1.165, 1.54) is 17.6 Å². The first-order valence-electron chi connectivity index (χ1n) is 7.13. The van der Waals surface area contributed by atoms with Crippen molar-refractivity contribution in [3.63, 3.8) is 0 Å². The Morgan fingerprint density at radius 2 is 2.00 bits per heavy atom. The van der Waals surface area contributed by atoms with Gasteiger partial charge in [0.05, 0.1) is 5.56 Å². The minimum atomic E-state index is -0.136. The number of aromatic hydroxyl groups is 1. The molecule has 0 bridgehead atoms. The van der Waals surface area contributed by atoms with Crippen molar-refractivity contribution in [1.29, 1.82) is 0 Å². The molecule has 100 valence electrons.